The molecule has 14 heavy (non-hydrogen) atoms. The molecular weight excluding hydrogens is 176 g/mol. The molecular formula is C12H16O2. The van der Waals surface area contributed by atoms with Crippen molar-refractivity contribution >= 4 is 6.47 Å². The van der Waals surface area contributed by atoms with E-state index < -0.39 is 0 Å². The molecule has 0 saturated carbocycles. The van der Waals surface area contributed by atoms with Crippen molar-refractivity contribution in [2.45, 2.75) is 26.9 Å². The van der Waals surface area contributed by atoms with Gasteiger partial charge in [0.25, 0.3) is 6.47 Å². The van der Waals surface area contributed by atoms with Gasteiger partial charge in [0.2, 0.25) is 0 Å². The molecule has 0 aromatic heterocycles. The van der Waals surface area contributed by atoms with Crippen molar-refractivity contribution in [3.05, 3.63) is 35.4 Å². The molecule has 0 bridgehead atoms. The number of hydrogen-bond acceptors (Lipinski definition) is 2. The third kappa shape index (κ3) is 3.60. The van der Waals surface area contributed by atoms with Gasteiger partial charge in [-0.25, -0.2) is 0 Å². The predicted molar refractivity (Wildman–Crippen MR) is 55.8 cm³/mol. The molecule has 0 unspecified atom stereocenters. The monoisotopic (exact) mass is 192 g/mol. The molecule has 0 heterocycles. The van der Waals surface area contributed by atoms with Gasteiger partial charge in [-0.2, -0.15) is 0 Å². The van der Waals surface area contributed by atoms with Crippen molar-refractivity contribution in [3.8, 4) is 0 Å². The Labute approximate surface area is 84.9 Å². The van der Waals surface area contributed by atoms with Gasteiger partial charge in [-0.15, -0.1) is 0 Å². The van der Waals surface area contributed by atoms with Crippen LogP contribution in [0.1, 0.15) is 25.0 Å². The molecule has 0 atom stereocenters. The zero-order valence-corrected chi connectivity index (χ0v) is 8.69. The number of carbonyl (C=O) groups excluding carboxylic acids is 1. The van der Waals surface area contributed by atoms with Gasteiger partial charge in [0.15, 0.2) is 0 Å². The van der Waals surface area contributed by atoms with Crippen molar-refractivity contribution in [1.82, 2.24) is 0 Å². The van der Waals surface area contributed by atoms with Crippen LogP contribution in [0.2, 0.25) is 0 Å². The predicted octanol–water partition coefficient (Wildman–Crippen LogP) is 2.56. The van der Waals surface area contributed by atoms with E-state index in [4.69, 9.17) is 0 Å². The van der Waals surface area contributed by atoms with Gasteiger partial charge < -0.3 is 4.74 Å². The highest BCUT2D eigenvalue weighted by molar-refractivity contribution is 5.37. The van der Waals surface area contributed by atoms with E-state index in [1.54, 1.807) is 0 Å². The first-order chi connectivity index (χ1) is 6.72. The van der Waals surface area contributed by atoms with Gasteiger partial charge in [-0.05, 0) is 23.5 Å². The van der Waals surface area contributed by atoms with Crippen molar-refractivity contribution in [3.63, 3.8) is 0 Å². The number of hydrogen-bond donors (Lipinski definition) is 0. The lowest BCUT2D eigenvalue weighted by molar-refractivity contribution is -0.129. The van der Waals surface area contributed by atoms with Crippen LogP contribution >= 0.6 is 0 Å². The number of ether oxygens (including phenoxy) is 1. The first-order valence-electron chi connectivity index (χ1n) is 4.85. The average Bonchev–Trinajstić information content (AvgIpc) is 2.16. The lowest BCUT2D eigenvalue weighted by atomic mass is 10.0. The summed E-state index contributed by atoms with van der Waals surface area (Å²) in [5, 5.41) is 0. The summed E-state index contributed by atoms with van der Waals surface area (Å²) in [6.45, 7) is 5.24. The molecule has 0 saturated heterocycles. The molecule has 0 amide bonds. The average molecular weight is 192 g/mol. The molecule has 1 aromatic carbocycles. The molecule has 2 heteroatoms. The molecule has 0 fully saturated rings. The molecule has 2 nitrogen and oxygen atoms in total. The Morgan fingerprint density at radius 1 is 1.21 bits per heavy atom. The molecule has 0 N–H and O–H groups in total. The van der Waals surface area contributed by atoms with Gasteiger partial charge in [-0.1, -0.05) is 38.1 Å². The minimum Gasteiger partial charge on any atom is -0.463 e. The summed E-state index contributed by atoms with van der Waals surface area (Å²) in [5.74, 6) is 0.673. The maximum atomic E-state index is 9.97. The summed E-state index contributed by atoms with van der Waals surface area (Å²) in [6.07, 6.45) is 1.09. The van der Waals surface area contributed by atoms with Crippen LogP contribution in [-0.4, -0.2) is 6.47 Å². The second-order valence-electron chi connectivity index (χ2n) is 3.82. The zero-order valence-electron chi connectivity index (χ0n) is 8.69. The fraction of sp³-hybridized carbons (Fsp3) is 0.417. The van der Waals surface area contributed by atoms with E-state index in [1.807, 2.05) is 12.1 Å². The van der Waals surface area contributed by atoms with Gasteiger partial charge in [0.1, 0.15) is 6.61 Å². The highest BCUT2D eigenvalue weighted by Crippen LogP contribution is 2.10. The van der Waals surface area contributed by atoms with Gasteiger partial charge >= 0.3 is 0 Å². The van der Waals surface area contributed by atoms with Crippen molar-refractivity contribution < 1.29 is 9.53 Å². The zero-order chi connectivity index (χ0) is 10.4. The SMILES string of the molecule is CC(C)Cc1ccc(COC=O)cc1. The molecule has 76 valence electrons. The minimum absolute atomic E-state index is 0.367. The van der Waals surface area contributed by atoms with Crippen molar-refractivity contribution in [2.24, 2.45) is 5.92 Å². The Balaban J connectivity index is 2.54. The van der Waals surface area contributed by atoms with Crippen LogP contribution in [0.15, 0.2) is 24.3 Å². The summed E-state index contributed by atoms with van der Waals surface area (Å²) < 4.78 is 4.66. The third-order valence-corrected chi connectivity index (χ3v) is 1.98. The van der Waals surface area contributed by atoms with Crippen LogP contribution in [-0.2, 0) is 22.6 Å². The Morgan fingerprint density at radius 2 is 1.79 bits per heavy atom. The van der Waals surface area contributed by atoms with Gasteiger partial charge in [-0.3, -0.25) is 4.79 Å². The van der Waals surface area contributed by atoms with Crippen molar-refractivity contribution in [2.75, 3.05) is 0 Å². The fourth-order valence-corrected chi connectivity index (χ4v) is 1.37. The highest BCUT2D eigenvalue weighted by atomic mass is 16.5. The van der Waals surface area contributed by atoms with Crippen LogP contribution in [0.3, 0.4) is 0 Å². The van der Waals surface area contributed by atoms with E-state index in [0.717, 1.165) is 12.0 Å². The van der Waals surface area contributed by atoms with Crippen LogP contribution < -0.4 is 0 Å². The Bertz CT molecular complexity index is 275. The van der Waals surface area contributed by atoms with Gasteiger partial charge in [0, 0.05) is 0 Å². The Morgan fingerprint density at radius 3 is 2.29 bits per heavy atom. The van der Waals surface area contributed by atoms with E-state index in [0.29, 0.717) is 19.0 Å². The standard InChI is InChI=1S/C12H16O2/c1-10(2)7-11-3-5-12(6-4-11)8-14-9-13/h3-6,9-10H,7-8H2,1-2H3. The van der Waals surface area contributed by atoms with E-state index in [9.17, 15) is 4.79 Å². The Kier molecular flexibility index (Phi) is 4.17. The smallest absolute Gasteiger partial charge is 0.293 e. The summed E-state index contributed by atoms with van der Waals surface area (Å²) in [5.41, 5.74) is 2.36. The van der Waals surface area contributed by atoms with E-state index in [-0.39, 0.29) is 0 Å². The topological polar surface area (TPSA) is 26.3 Å². The number of carbonyl (C=O) groups is 1. The van der Waals surface area contributed by atoms with Crippen molar-refractivity contribution in [1.29, 1.82) is 0 Å². The second kappa shape index (κ2) is 5.43. The molecule has 0 spiro atoms. The maximum Gasteiger partial charge on any atom is 0.293 e. The van der Waals surface area contributed by atoms with Crippen LogP contribution in [0, 0.1) is 5.92 Å². The second-order valence-corrected chi connectivity index (χ2v) is 3.82. The summed E-state index contributed by atoms with van der Waals surface area (Å²) in [7, 11) is 0. The lowest BCUT2D eigenvalue weighted by Gasteiger charge is -2.05. The first-order valence-corrected chi connectivity index (χ1v) is 4.85. The minimum atomic E-state index is 0.367. The van der Waals surface area contributed by atoms with Crippen LogP contribution in [0.25, 0.3) is 0 Å². The molecule has 1 rings (SSSR count). The van der Waals surface area contributed by atoms with E-state index >= 15 is 0 Å². The summed E-state index contributed by atoms with van der Waals surface area (Å²) >= 11 is 0. The summed E-state index contributed by atoms with van der Waals surface area (Å²) in [6, 6.07) is 8.18. The Hall–Kier alpha value is -1.31. The quantitative estimate of drug-likeness (QED) is 0.670. The molecule has 0 aliphatic heterocycles. The number of rotatable bonds is 5. The summed E-state index contributed by atoms with van der Waals surface area (Å²) in [4.78, 5) is 9.97. The van der Waals surface area contributed by atoms with E-state index in [1.165, 1.54) is 5.56 Å². The van der Waals surface area contributed by atoms with Crippen LogP contribution in [0.4, 0.5) is 0 Å². The van der Waals surface area contributed by atoms with E-state index in [2.05, 4.69) is 30.7 Å². The molecule has 0 aliphatic carbocycles. The first kappa shape index (κ1) is 10.8. The van der Waals surface area contributed by atoms with Crippen LogP contribution in [0.5, 0.6) is 0 Å². The fourth-order valence-electron chi connectivity index (χ4n) is 1.37. The van der Waals surface area contributed by atoms with Gasteiger partial charge in [0.05, 0.1) is 0 Å². The lowest BCUT2D eigenvalue weighted by Crippen LogP contribution is -1.95. The molecule has 0 radical (unpaired) electrons. The maximum absolute atomic E-state index is 9.97. The third-order valence-electron chi connectivity index (χ3n) is 1.98. The normalized spacial score (nSPS) is 10.2. The largest absolute Gasteiger partial charge is 0.463 e. The highest BCUT2D eigenvalue weighted by Gasteiger charge is 1.98. The number of benzene rings is 1. The molecule has 0 aliphatic rings. The molecule has 1 aromatic rings.